The molecule has 0 unspecified atom stereocenters. The third-order valence-electron chi connectivity index (χ3n) is 1.92. The summed E-state index contributed by atoms with van der Waals surface area (Å²) in [6.07, 6.45) is 7.13. The van der Waals surface area contributed by atoms with Gasteiger partial charge in [0, 0.05) is 12.8 Å². The van der Waals surface area contributed by atoms with Crippen molar-refractivity contribution in [2.45, 2.75) is 51.9 Å². The van der Waals surface area contributed by atoms with Gasteiger partial charge in [-0.1, -0.05) is 19.8 Å². The van der Waals surface area contributed by atoms with Crippen LogP contribution in [0.2, 0.25) is 0 Å². The van der Waals surface area contributed by atoms with Crippen molar-refractivity contribution in [1.82, 2.24) is 0 Å². The van der Waals surface area contributed by atoms with Gasteiger partial charge in [-0.2, -0.15) is 12.6 Å². The molecule has 0 aromatic heterocycles. The smallest absolute Gasteiger partial charge is 0.132 e. The van der Waals surface area contributed by atoms with Crippen LogP contribution in [0, 0.1) is 0 Å². The molecular weight excluding hydrogens is 168 g/mol. The molecule has 0 bridgehead atoms. The van der Waals surface area contributed by atoms with E-state index >= 15 is 0 Å². The van der Waals surface area contributed by atoms with Crippen LogP contribution < -0.4 is 0 Å². The highest BCUT2D eigenvalue weighted by atomic mass is 32.1. The van der Waals surface area contributed by atoms with E-state index in [4.69, 9.17) is 0 Å². The van der Waals surface area contributed by atoms with E-state index in [1.54, 1.807) is 0 Å². The summed E-state index contributed by atoms with van der Waals surface area (Å²) in [5.41, 5.74) is 0. The maximum atomic E-state index is 11.2. The van der Waals surface area contributed by atoms with E-state index in [1.165, 1.54) is 12.8 Å². The third-order valence-corrected chi connectivity index (χ3v) is 2.24. The van der Waals surface area contributed by atoms with Gasteiger partial charge in [0.15, 0.2) is 0 Å². The lowest BCUT2D eigenvalue weighted by Crippen LogP contribution is -1.97. The molecule has 0 aromatic carbocycles. The van der Waals surface area contributed by atoms with Gasteiger partial charge in [0.25, 0.3) is 0 Å². The molecule has 0 saturated heterocycles. The van der Waals surface area contributed by atoms with Crippen molar-refractivity contribution in [2.24, 2.45) is 0 Å². The highest BCUT2D eigenvalue weighted by Crippen LogP contribution is 2.05. The van der Waals surface area contributed by atoms with Crippen LogP contribution in [0.15, 0.2) is 0 Å². The number of thiol groups is 1. The Morgan fingerprint density at radius 1 is 1.08 bits per heavy atom. The first-order valence-corrected chi connectivity index (χ1v) is 5.57. The Labute approximate surface area is 81.3 Å². The molecule has 0 heterocycles. The first-order chi connectivity index (χ1) is 5.81. The molecule has 0 aliphatic carbocycles. The van der Waals surface area contributed by atoms with Gasteiger partial charge >= 0.3 is 0 Å². The molecule has 0 fully saturated rings. The number of rotatable bonds is 8. The van der Waals surface area contributed by atoms with Gasteiger partial charge in [-0.25, -0.2) is 0 Å². The normalized spacial score (nSPS) is 10.2. The summed E-state index contributed by atoms with van der Waals surface area (Å²) in [7, 11) is 0. The Balaban J connectivity index is 3.10. The highest BCUT2D eigenvalue weighted by molar-refractivity contribution is 7.80. The quantitative estimate of drug-likeness (QED) is 0.457. The molecule has 0 aliphatic rings. The van der Waals surface area contributed by atoms with Crippen molar-refractivity contribution in [3.63, 3.8) is 0 Å². The standard InChI is InChI=1S/C10H20OS/c1-2-3-4-7-10(11)8-5-6-9-12/h12H,2-9H2,1H3. The van der Waals surface area contributed by atoms with Crippen LogP contribution in [0.25, 0.3) is 0 Å². The van der Waals surface area contributed by atoms with E-state index in [9.17, 15) is 4.79 Å². The van der Waals surface area contributed by atoms with E-state index in [2.05, 4.69) is 19.6 Å². The van der Waals surface area contributed by atoms with E-state index in [1.807, 2.05) is 0 Å². The number of carbonyl (C=O) groups is 1. The Morgan fingerprint density at radius 2 is 1.67 bits per heavy atom. The molecule has 12 heavy (non-hydrogen) atoms. The van der Waals surface area contributed by atoms with Gasteiger partial charge in [0.2, 0.25) is 0 Å². The van der Waals surface area contributed by atoms with Gasteiger partial charge in [-0.15, -0.1) is 0 Å². The van der Waals surface area contributed by atoms with Gasteiger partial charge in [0.1, 0.15) is 5.78 Å². The van der Waals surface area contributed by atoms with Crippen LogP contribution in [0.5, 0.6) is 0 Å². The Bertz CT molecular complexity index is 100. The molecule has 0 aromatic rings. The van der Waals surface area contributed by atoms with Crippen LogP contribution in [0.3, 0.4) is 0 Å². The molecule has 72 valence electrons. The minimum Gasteiger partial charge on any atom is -0.300 e. The van der Waals surface area contributed by atoms with Gasteiger partial charge in [-0.3, -0.25) is 4.79 Å². The molecule has 2 heteroatoms. The summed E-state index contributed by atoms with van der Waals surface area (Å²) < 4.78 is 0. The summed E-state index contributed by atoms with van der Waals surface area (Å²) >= 11 is 4.10. The Hall–Kier alpha value is 0.0200. The Morgan fingerprint density at radius 3 is 2.17 bits per heavy atom. The van der Waals surface area contributed by atoms with E-state index < -0.39 is 0 Å². The molecule has 0 amide bonds. The number of carbonyl (C=O) groups excluding carboxylic acids is 1. The molecule has 0 saturated carbocycles. The van der Waals surface area contributed by atoms with Gasteiger partial charge < -0.3 is 0 Å². The monoisotopic (exact) mass is 188 g/mol. The lowest BCUT2D eigenvalue weighted by molar-refractivity contribution is -0.119. The van der Waals surface area contributed by atoms with Crippen LogP contribution in [-0.4, -0.2) is 11.5 Å². The molecule has 0 atom stereocenters. The SMILES string of the molecule is CCCCCC(=O)CCCCS. The average Bonchev–Trinajstić information content (AvgIpc) is 2.06. The first-order valence-electron chi connectivity index (χ1n) is 4.93. The van der Waals surface area contributed by atoms with Crippen LogP contribution in [0.1, 0.15) is 51.9 Å². The summed E-state index contributed by atoms with van der Waals surface area (Å²) in [5.74, 6) is 1.34. The van der Waals surface area contributed by atoms with E-state index in [-0.39, 0.29) is 0 Å². The van der Waals surface area contributed by atoms with Crippen molar-refractivity contribution >= 4 is 18.4 Å². The van der Waals surface area contributed by atoms with Crippen molar-refractivity contribution < 1.29 is 4.79 Å². The number of unbranched alkanes of at least 4 members (excludes halogenated alkanes) is 3. The summed E-state index contributed by atoms with van der Waals surface area (Å²) in [5, 5.41) is 0. The van der Waals surface area contributed by atoms with Crippen molar-refractivity contribution in [2.75, 3.05) is 5.75 Å². The summed E-state index contributed by atoms with van der Waals surface area (Å²) in [4.78, 5) is 11.2. The predicted octanol–water partition coefficient (Wildman–Crippen LogP) is 3.24. The molecular formula is C10H20OS. The van der Waals surface area contributed by atoms with Crippen molar-refractivity contribution in [3.05, 3.63) is 0 Å². The van der Waals surface area contributed by atoms with Crippen LogP contribution in [0.4, 0.5) is 0 Å². The Kier molecular flexibility index (Phi) is 9.13. The summed E-state index contributed by atoms with van der Waals surface area (Å²) in [6.45, 7) is 2.16. The topological polar surface area (TPSA) is 17.1 Å². The van der Waals surface area contributed by atoms with E-state index in [0.717, 1.165) is 37.9 Å². The second-order valence-corrected chi connectivity index (χ2v) is 3.62. The fourth-order valence-corrected chi connectivity index (χ4v) is 1.35. The van der Waals surface area contributed by atoms with Crippen LogP contribution >= 0.6 is 12.6 Å². The number of hydrogen-bond donors (Lipinski definition) is 1. The van der Waals surface area contributed by atoms with Gasteiger partial charge in [0.05, 0.1) is 0 Å². The minimum atomic E-state index is 0.435. The maximum absolute atomic E-state index is 11.2. The number of hydrogen-bond acceptors (Lipinski definition) is 2. The molecule has 0 radical (unpaired) electrons. The lowest BCUT2D eigenvalue weighted by atomic mass is 10.1. The lowest BCUT2D eigenvalue weighted by Gasteiger charge is -1.98. The van der Waals surface area contributed by atoms with Gasteiger partial charge in [-0.05, 0) is 25.0 Å². The average molecular weight is 188 g/mol. The minimum absolute atomic E-state index is 0.435. The number of ketones is 1. The fourth-order valence-electron chi connectivity index (χ4n) is 1.13. The first kappa shape index (κ1) is 12.0. The largest absolute Gasteiger partial charge is 0.300 e. The zero-order valence-corrected chi connectivity index (χ0v) is 8.91. The summed E-state index contributed by atoms with van der Waals surface area (Å²) in [6, 6.07) is 0. The van der Waals surface area contributed by atoms with E-state index in [0.29, 0.717) is 5.78 Å². The molecule has 0 N–H and O–H groups in total. The molecule has 0 aliphatic heterocycles. The van der Waals surface area contributed by atoms with Crippen molar-refractivity contribution in [1.29, 1.82) is 0 Å². The zero-order valence-electron chi connectivity index (χ0n) is 8.01. The second kappa shape index (κ2) is 9.11. The van der Waals surface area contributed by atoms with Crippen LogP contribution in [-0.2, 0) is 4.79 Å². The zero-order chi connectivity index (χ0) is 9.23. The number of Topliss-reactive ketones (excluding diaryl/α,β-unsaturated/α-hetero) is 1. The maximum Gasteiger partial charge on any atom is 0.132 e. The predicted molar refractivity (Wildman–Crippen MR) is 56.9 cm³/mol. The highest BCUT2D eigenvalue weighted by Gasteiger charge is 1.99. The van der Waals surface area contributed by atoms with Crippen molar-refractivity contribution in [3.8, 4) is 0 Å². The molecule has 0 rings (SSSR count). The fraction of sp³-hybridized carbons (Fsp3) is 0.900. The third kappa shape index (κ3) is 8.12. The second-order valence-electron chi connectivity index (χ2n) is 3.18. The molecule has 1 nitrogen and oxygen atoms in total. The molecule has 0 spiro atoms.